The van der Waals surface area contributed by atoms with E-state index in [9.17, 15) is 9.18 Å². The monoisotopic (exact) mass is 388 g/mol. The molecule has 0 aliphatic carbocycles. The maximum atomic E-state index is 13.0. The number of fused-ring (bicyclic) bond motifs is 1. The Bertz CT molecular complexity index is 1150. The predicted octanol–water partition coefficient (Wildman–Crippen LogP) is 6.40. The Morgan fingerprint density at radius 2 is 1.79 bits per heavy atom. The van der Waals surface area contributed by atoms with Crippen LogP contribution in [0.25, 0.3) is 22.6 Å². The van der Waals surface area contributed by atoms with Gasteiger partial charge in [0.25, 0.3) is 5.91 Å². The zero-order chi connectivity index (χ0) is 20.4. The first kappa shape index (κ1) is 18.9. The number of benzene rings is 3. The topological polar surface area (TPSA) is 55.1 Å². The Labute approximate surface area is 168 Å². The Balaban J connectivity index is 1.52. The van der Waals surface area contributed by atoms with Crippen LogP contribution >= 0.6 is 0 Å². The molecule has 0 spiro atoms. The van der Waals surface area contributed by atoms with Crippen LogP contribution in [0.4, 0.5) is 10.1 Å². The van der Waals surface area contributed by atoms with Crippen molar-refractivity contribution in [2.75, 3.05) is 5.32 Å². The molecule has 1 heterocycles. The number of carbonyl (C=O) groups excluding carboxylic acids is 1. The molecule has 3 aromatic carbocycles. The van der Waals surface area contributed by atoms with E-state index >= 15 is 0 Å². The summed E-state index contributed by atoms with van der Waals surface area (Å²) < 4.78 is 18.9. The van der Waals surface area contributed by atoms with Crippen LogP contribution in [0.15, 0.2) is 71.1 Å². The molecule has 0 unspecified atom stereocenters. The molecule has 1 atom stereocenters. The van der Waals surface area contributed by atoms with Crippen molar-refractivity contribution in [1.29, 1.82) is 0 Å². The molecule has 0 aliphatic rings. The minimum Gasteiger partial charge on any atom is -0.436 e. The average molecular weight is 388 g/mol. The number of amides is 1. The number of carbonyl (C=O) groups is 1. The fourth-order valence-electron chi connectivity index (χ4n) is 3.11. The van der Waals surface area contributed by atoms with Crippen LogP contribution < -0.4 is 5.32 Å². The Hall–Kier alpha value is -3.47. The molecule has 4 rings (SSSR count). The van der Waals surface area contributed by atoms with Gasteiger partial charge in [-0.25, -0.2) is 9.37 Å². The SMILES string of the molecule is CC[C@H](C)c1ccc2oc(-c3ccc(NC(=O)c4ccc(F)cc4)cc3)nc2c1. The molecule has 0 saturated heterocycles. The Kier molecular flexibility index (Phi) is 5.12. The van der Waals surface area contributed by atoms with E-state index in [1.807, 2.05) is 18.2 Å². The van der Waals surface area contributed by atoms with Crippen molar-refractivity contribution in [2.24, 2.45) is 0 Å². The van der Waals surface area contributed by atoms with Crippen molar-refractivity contribution in [3.8, 4) is 11.5 Å². The highest BCUT2D eigenvalue weighted by atomic mass is 19.1. The highest BCUT2D eigenvalue weighted by Gasteiger charge is 2.12. The first-order valence-corrected chi connectivity index (χ1v) is 9.61. The van der Waals surface area contributed by atoms with Crippen LogP contribution in [0.2, 0.25) is 0 Å². The van der Waals surface area contributed by atoms with Crippen molar-refractivity contribution >= 4 is 22.7 Å². The highest BCUT2D eigenvalue weighted by Crippen LogP contribution is 2.28. The summed E-state index contributed by atoms with van der Waals surface area (Å²) in [5, 5.41) is 2.80. The number of aromatic nitrogens is 1. The van der Waals surface area contributed by atoms with E-state index in [-0.39, 0.29) is 11.7 Å². The average Bonchev–Trinajstić information content (AvgIpc) is 3.17. The van der Waals surface area contributed by atoms with Crippen LogP contribution in [0.3, 0.4) is 0 Å². The summed E-state index contributed by atoms with van der Waals surface area (Å²) in [6.07, 6.45) is 1.07. The van der Waals surface area contributed by atoms with Crippen LogP contribution in [0.1, 0.15) is 42.1 Å². The van der Waals surface area contributed by atoms with E-state index in [2.05, 4.69) is 36.3 Å². The van der Waals surface area contributed by atoms with Crippen LogP contribution in [-0.2, 0) is 0 Å². The lowest BCUT2D eigenvalue weighted by atomic mass is 9.98. The number of halogens is 1. The van der Waals surface area contributed by atoms with Gasteiger partial charge < -0.3 is 9.73 Å². The number of nitrogens with zero attached hydrogens (tertiary/aromatic N) is 1. The third-order valence-corrected chi connectivity index (χ3v) is 5.09. The van der Waals surface area contributed by atoms with Gasteiger partial charge in [-0.15, -0.1) is 0 Å². The number of nitrogens with one attached hydrogen (secondary N) is 1. The standard InChI is InChI=1S/C24H21FN2O2/c1-3-15(2)18-8-13-22-21(14-18)27-24(29-22)17-6-11-20(12-7-17)26-23(28)16-4-9-19(25)10-5-16/h4-15H,3H2,1-2H3,(H,26,28)/t15-/m0/s1. The van der Waals surface area contributed by atoms with Gasteiger partial charge in [0.1, 0.15) is 11.3 Å². The number of anilines is 1. The Morgan fingerprint density at radius 1 is 1.07 bits per heavy atom. The van der Waals surface area contributed by atoms with Crippen molar-refractivity contribution in [3.05, 3.63) is 83.7 Å². The summed E-state index contributed by atoms with van der Waals surface area (Å²) in [4.78, 5) is 16.9. The summed E-state index contributed by atoms with van der Waals surface area (Å²) in [7, 11) is 0. The molecule has 0 fully saturated rings. The second kappa shape index (κ2) is 7.87. The molecule has 1 N–H and O–H groups in total. The number of hydrogen-bond acceptors (Lipinski definition) is 3. The van der Waals surface area contributed by atoms with E-state index in [1.165, 1.54) is 29.8 Å². The third-order valence-electron chi connectivity index (χ3n) is 5.09. The molecule has 4 aromatic rings. The first-order chi connectivity index (χ1) is 14.0. The second-order valence-corrected chi connectivity index (χ2v) is 7.09. The molecular weight excluding hydrogens is 367 g/mol. The first-order valence-electron chi connectivity index (χ1n) is 9.61. The van der Waals surface area contributed by atoms with Gasteiger partial charge in [-0.3, -0.25) is 4.79 Å². The second-order valence-electron chi connectivity index (χ2n) is 7.09. The summed E-state index contributed by atoms with van der Waals surface area (Å²) in [5.41, 5.74) is 4.70. The fourth-order valence-corrected chi connectivity index (χ4v) is 3.11. The van der Waals surface area contributed by atoms with Crippen molar-refractivity contribution < 1.29 is 13.6 Å². The van der Waals surface area contributed by atoms with E-state index in [0.717, 1.165) is 23.1 Å². The molecule has 1 amide bonds. The molecule has 146 valence electrons. The maximum Gasteiger partial charge on any atom is 0.255 e. The quantitative estimate of drug-likeness (QED) is 0.430. The lowest BCUT2D eigenvalue weighted by Gasteiger charge is -2.07. The molecule has 5 heteroatoms. The smallest absolute Gasteiger partial charge is 0.255 e. The van der Waals surface area contributed by atoms with E-state index < -0.39 is 0 Å². The zero-order valence-corrected chi connectivity index (χ0v) is 16.3. The van der Waals surface area contributed by atoms with Crippen LogP contribution in [-0.4, -0.2) is 10.9 Å². The van der Waals surface area contributed by atoms with Crippen molar-refractivity contribution in [1.82, 2.24) is 4.98 Å². The van der Waals surface area contributed by atoms with Gasteiger partial charge in [0.05, 0.1) is 0 Å². The van der Waals surface area contributed by atoms with Gasteiger partial charge in [-0.05, 0) is 78.6 Å². The maximum absolute atomic E-state index is 13.0. The number of rotatable bonds is 5. The van der Waals surface area contributed by atoms with Crippen molar-refractivity contribution in [3.63, 3.8) is 0 Å². The normalized spacial score (nSPS) is 12.1. The van der Waals surface area contributed by atoms with Gasteiger partial charge in [0.15, 0.2) is 5.58 Å². The number of oxazole rings is 1. The molecule has 1 aromatic heterocycles. The van der Waals surface area contributed by atoms with Crippen LogP contribution in [0.5, 0.6) is 0 Å². The largest absolute Gasteiger partial charge is 0.436 e. The van der Waals surface area contributed by atoms with E-state index in [1.54, 1.807) is 12.1 Å². The fraction of sp³-hybridized carbons (Fsp3) is 0.167. The lowest BCUT2D eigenvalue weighted by Crippen LogP contribution is -2.11. The molecule has 0 saturated carbocycles. The summed E-state index contributed by atoms with van der Waals surface area (Å²) >= 11 is 0. The van der Waals surface area contributed by atoms with E-state index in [4.69, 9.17) is 4.42 Å². The molecule has 4 nitrogen and oxygen atoms in total. The van der Waals surface area contributed by atoms with Gasteiger partial charge >= 0.3 is 0 Å². The minimum atomic E-state index is -0.375. The van der Waals surface area contributed by atoms with Gasteiger partial charge in [-0.1, -0.05) is 19.9 Å². The lowest BCUT2D eigenvalue weighted by molar-refractivity contribution is 0.102. The molecule has 29 heavy (non-hydrogen) atoms. The molecule has 0 aliphatic heterocycles. The molecule has 0 radical (unpaired) electrons. The van der Waals surface area contributed by atoms with Gasteiger partial charge in [0.2, 0.25) is 5.89 Å². The zero-order valence-electron chi connectivity index (χ0n) is 16.3. The molecule has 0 bridgehead atoms. The van der Waals surface area contributed by atoms with Crippen molar-refractivity contribution in [2.45, 2.75) is 26.2 Å². The summed E-state index contributed by atoms with van der Waals surface area (Å²) in [5.74, 6) is 0.346. The number of hydrogen-bond donors (Lipinski definition) is 1. The predicted molar refractivity (Wildman–Crippen MR) is 113 cm³/mol. The molecular formula is C24H21FN2O2. The van der Waals surface area contributed by atoms with E-state index in [0.29, 0.717) is 23.1 Å². The van der Waals surface area contributed by atoms with Crippen LogP contribution in [0, 0.1) is 5.82 Å². The minimum absolute atomic E-state index is 0.294. The van der Waals surface area contributed by atoms with Gasteiger partial charge in [0, 0.05) is 16.8 Å². The third kappa shape index (κ3) is 4.04. The highest BCUT2D eigenvalue weighted by molar-refractivity contribution is 6.04. The summed E-state index contributed by atoms with van der Waals surface area (Å²) in [6, 6.07) is 18.8. The summed E-state index contributed by atoms with van der Waals surface area (Å²) in [6.45, 7) is 4.36. The van der Waals surface area contributed by atoms with Gasteiger partial charge in [-0.2, -0.15) is 0 Å². The Morgan fingerprint density at radius 3 is 2.48 bits per heavy atom.